The lowest BCUT2D eigenvalue weighted by molar-refractivity contribution is -0.901. The molecule has 0 atom stereocenters. The minimum atomic E-state index is -4.46. The zero-order valence-corrected chi connectivity index (χ0v) is 13.5. The van der Waals surface area contributed by atoms with Gasteiger partial charge in [-0.05, 0) is 6.42 Å². The summed E-state index contributed by atoms with van der Waals surface area (Å²) in [7, 11) is -4.46. The average Bonchev–Trinajstić information content (AvgIpc) is 2.39. The molecule has 4 N–H and O–H groups in total. The van der Waals surface area contributed by atoms with Gasteiger partial charge in [0.05, 0.1) is 26.4 Å². The maximum absolute atomic E-state index is 9.89. The van der Waals surface area contributed by atoms with Gasteiger partial charge in [0.2, 0.25) is 10.4 Å². The Morgan fingerprint density at radius 2 is 1.43 bits per heavy atom. The molecule has 130 valence electrons. The second-order valence-corrected chi connectivity index (χ2v) is 5.51. The van der Waals surface area contributed by atoms with Gasteiger partial charge in [-0.15, -0.1) is 0 Å². The molecule has 0 aliphatic heterocycles. The van der Waals surface area contributed by atoms with E-state index in [1.165, 1.54) is 0 Å². The van der Waals surface area contributed by atoms with E-state index in [4.69, 9.17) is 15.3 Å². The van der Waals surface area contributed by atoms with Crippen molar-refractivity contribution in [2.75, 3.05) is 46.1 Å². The number of hydrogen-bond acceptors (Lipinski definition) is 7. The van der Waals surface area contributed by atoms with Crippen LogP contribution in [0.2, 0.25) is 0 Å². The predicted molar refractivity (Wildman–Crippen MR) is 76.6 cm³/mol. The molecule has 0 radical (unpaired) electrons. The van der Waals surface area contributed by atoms with E-state index in [9.17, 15) is 13.0 Å². The molecule has 0 aromatic carbocycles. The van der Waals surface area contributed by atoms with Crippen molar-refractivity contribution in [3.05, 3.63) is 0 Å². The summed E-state index contributed by atoms with van der Waals surface area (Å²) in [6, 6.07) is 0. The molecule has 9 heteroatoms. The second-order valence-electron chi connectivity index (χ2n) is 4.46. The smallest absolute Gasteiger partial charge is 0.217 e. The maximum atomic E-state index is 9.89. The van der Waals surface area contributed by atoms with E-state index in [1.807, 2.05) is 6.92 Å². The van der Waals surface area contributed by atoms with Crippen LogP contribution in [0.15, 0.2) is 0 Å². The van der Waals surface area contributed by atoms with Gasteiger partial charge in [-0.1, -0.05) is 26.2 Å². The molecule has 0 aromatic heterocycles. The molecule has 0 heterocycles. The molecule has 0 unspecified atom stereocenters. The lowest BCUT2D eigenvalue weighted by Gasteiger charge is -2.15. The number of rotatable bonds is 12. The van der Waals surface area contributed by atoms with E-state index in [0.29, 0.717) is 26.1 Å². The molecule has 0 amide bonds. The van der Waals surface area contributed by atoms with Crippen LogP contribution in [0.4, 0.5) is 0 Å². The van der Waals surface area contributed by atoms with Crippen molar-refractivity contribution in [1.29, 1.82) is 0 Å². The van der Waals surface area contributed by atoms with E-state index in [2.05, 4.69) is 4.18 Å². The highest BCUT2D eigenvalue weighted by Crippen LogP contribution is 1.99. The molecule has 8 nitrogen and oxygen atoms in total. The van der Waals surface area contributed by atoms with Crippen LogP contribution in [0.1, 0.15) is 32.6 Å². The first-order chi connectivity index (χ1) is 9.91. The maximum Gasteiger partial charge on any atom is 0.217 e. The van der Waals surface area contributed by atoms with Gasteiger partial charge in [-0.3, -0.25) is 4.18 Å². The summed E-state index contributed by atoms with van der Waals surface area (Å²) in [6.07, 6.45) is 3.66. The van der Waals surface area contributed by atoms with Gasteiger partial charge in [0, 0.05) is 0 Å². The third-order valence-electron chi connectivity index (χ3n) is 2.62. The van der Waals surface area contributed by atoms with Gasteiger partial charge >= 0.3 is 0 Å². The van der Waals surface area contributed by atoms with Crippen molar-refractivity contribution in [3.8, 4) is 0 Å². The van der Waals surface area contributed by atoms with E-state index in [-0.39, 0.29) is 26.4 Å². The van der Waals surface area contributed by atoms with E-state index in [1.54, 1.807) is 0 Å². The van der Waals surface area contributed by atoms with Gasteiger partial charge in [-0.25, -0.2) is 8.42 Å². The van der Waals surface area contributed by atoms with Crippen LogP contribution in [-0.2, 0) is 14.6 Å². The van der Waals surface area contributed by atoms with Crippen molar-refractivity contribution < 1.29 is 37.4 Å². The van der Waals surface area contributed by atoms with Crippen LogP contribution >= 0.6 is 0 Å². The highest BCUT2D eigenvalue weighted by atomic mass is 32.3. The topological polar surface area (TPSA) is 132 Å². The predicted octanol–water partition coefficient (Wildman–Crippen LogP) is -2.11. The summed E-state index contributed by atoms with van der Waals surface area (Å²) in [4.78, 5) is 1.03. The molecular weight excluding hydrogens is 302 g/mol. The second kappa shape index (κ2) is 16.1. The van der Waals surface area contributed by atoms with Crippen molar-refractivity contribution in [1.82, 2.24) is 0 Å². The minimum absolute atomic E-state index is 0.0197. The number of aliphatic hydroxyl groups excluding tert-OH is 3. The van der Waals surface area contributed by atoms with Crippen molar-refractivity contribution in [2.45, 2.75) is 32.6 Å². The Kier molecular flexibility index (Phi) is 17.6. The Hall–Kier alpha value is -0.290. The van der Waals surface area contributed by atoms with Crippen LogP contribution in [0, 0.1) is 0 Å². The summed E-state index contributed by atoms with van der Waals surface area (Å²) in [5.41, 5.74) is 0. The van der Waals surface area contributed by atoms with Crippen LogP contribution in [0.3, 0.4) is 0 Å². The van der Waals surface area contributed by atoms with Crippen molar-refractivity contribution in [2.24, 2.45) is 0 Å². The van der Waals surface area contributed by atoms with Gasteiger partial charge in [-0.2, -0.15) is 0 Å². The number of aliphatic hydroxyl groups is 3. The molecular formula is C12H29NO7S. The molecule has 0 aliphatic carbocycles. The number of hydrogen-bond donors (Lipinski definition) is 4. The molecule has 0 fully saturated rings. The first-order valence-corrected chi connectivity index (χ1v) is 8.51. The van der Waals surface area contributed by atoms with Gasteiger partial charge in [0.25, 0.3) is 0 Å². The zero-order chi connectivity index (χ0) is 16.6. The Morgan fingerprint density at radius 3 is 1.76 bits per heavy atom. The molecule has 0 spiro atoms. The SMILES string of the molecule is CCCCCCOS(=O)(=O)[O-].OCC[NH+](CCO)CCO. The van der Waals surface area contributed by atoms with E-state index >= 15 is 0 Å². The van der Waals surface area contributed by atoms with Crippen LogP contribution < -0.4 is 4.90 Å². The molecule has 0 aromatic rings. The first-order valence-electron chi connectivity index (χ1n) is 7.17. The molecule has 0 aliphatic rings. The van der Waals surface area contributed by atoms with Gasteiger partial charge in [0.1, 0.15) is 19.6 Å². The third-order valence-corrected chi connectivity index (χ3v) is 3.08. The molecule has 0 saturated heterocycles. The quantitative estimate of drug-likeness (QED) is 0.183. The van der Waals surface area contributed by atoms with E-state index in [0.717, 1.165) is 24.2 Å². The fraction of sp³-hybridized carbons (Fsp3) is 1.00. The largest absolute Gasteiger partial charge is 0.726 e. The van der Waals surface area contributed by atoms with E-state index < -0.39 is 10.4 Å². The Bertz CT molecular complexity index is 284. The summed E-state index contributed by atoms with van der Waals surface area (Å²) in [5, 5.41) is 25.5. The minimum Gasteiger partial charge on any atom is -0.726 e. The van der Waals surface area contributed by atoms with Crippen LogP contribution in [0.5, 0.6) is 0 Å². The lowest BCUT2D eigenvalue weighted by Crippen LogP contribution is -3.13. The Labute approximate surface area is 127 Å². The average molecular weight is 331 g/mol. The van der Waals surface area contributed by atoms with Gasteiger partial charge in [0.15, 0.2) is 0 Å². The molecule has 0 saturated carbocycles. The first kappa shape index (κ1) is 23.0. The fourth-order valence-electron chi connectivity index (χ4n) is 1.54. The summed E-state index contributed by atoms with van der Waals surface area (Å²) in [6.45, 7) is 4.18. The normalized spacial score (nSPS) is 11.3. The van der Waals surface area contributed by atoms with Crippen molar-refractivity contribution >= 4 is 10.4 Å². The number of quaternary nitrogens is 1. The summed E-state index contributed by atoms with van der Waals surface area (Å²) in [5.74, 6) is 0. The number of unbranched alkanes of at least 4 members (excludes halogenated alkanes) is 3. The summed E-state index contributed by atoms with van der Waals surface area (Å²) < 4.78 is 33.7. The Morgan fingerprint density at radius 1 is 0.952 bits per heavy atom. The van der Waals surface area contributed by atoms with Crippen molar-refractivity contribution in [3.63, 3.8) is 0 Å². The molecule has 21 heavy (non-hydrogen) atoms. The third kappa shape index (κ3) is 22.1. The number of nitrogens with one attached hydrogen (secondary N) is 1. The monoisotopic (exact) mass is 331 g/mol. The van der Waals surface area contributed by atoms with Crippen LogP contribution in [0.25, 0.3) is 0 Å². The van der Waals surface area contributed by atoms with Gasteiger partial charge < -0.3 is 24.8 Å². The Balaban J connectivity index is 0. The molecule has 0 rings (SSSR count). The lowest BCUT2D eigenvalue weighted by atomic mass is 10.2. The van der Waals surface area contributed by atoms with Crippen LogP contribution in [-0.4, -0.2) is 74.4 Å². The highest BCUT2D eigenvalue weighted by molar-refractivity contribution is 7.80. The molecule has 0 bridgehead atoms. The summed E-state index contributed by atoms with van der Waals surface area (Å²) >= 11 is 0. The standard InChI is InChI=1S/C6H15NO3.C6H14O4S/c8-4-1-7(2-5-9)3-6-10;1-2-3-4-5-6-10-11(7,8)9/h8-10H,1-6H2;2-6H2,1H3,(H,7,8,9). The zero-order valence-electron chi connectivity index (χ0n) is 12.7. The fourth-order valence-corrected chi connectivity index (χ4v) is 1.86. The highest BCUT2D eigenvalue weighted by Gasteiger charge is 2.03.